The normalized spacial score (nSPS) is 11.1. The highest BCUT2D eigenvalue weighted by molar-refractivity contribution is 7.92. The van der Waals surface area contributed by atoms with Gasteiger partial charge in [0.25, 0.3) is 10.0 Å². The van der Waals surface area contributed by atoms with Crippen LogP contribution in [0.3, 0.4) is 0 Å². The molecule has 5 nitrogen and oxygen atoms in total. The van der Waals surface area contributed by atoms with Crippen molar-refractivity contribution in [3.63, 3.8) is 0 Å². The van der Waals surface area contributed by atoms with Crippen LogP contribution in [0.4, 0.5) is 11.4 Å². The van der Waals surface area contributed by atoms with Crippen molar-refractivity contribution in [2.75, 3.05) is 16.7 Å². The Labute approximate surface area is 137 Å². The van der Waals surface area contributed by atoms with Gasteiger partial charge in [0, 0.05) is 25.3 Å². The first-order valence-electron chi connectivity index (χ1n) is 7.15. The Morgan fingerprint density at radius 3 is 2.13 bits per heavy atom. The Kier molecular flexibility index (Phi) is 4.75. The van der Waals surface area contributed by atoms with Gasteiger partial charge in [0.1, 0.15) is 0 Å². The number of aryl methyl sites for hydroxylation is 2. The largest absolute Gasteiger partial charge is 0.316 e. The number of anilines is 2. The van der Waals surface area contributed by atoms with Crippen molar-refractivity contribution in [1.29, 1.82) is 0 Å². The first-order chi connectivity index (χ1) is 10.7. The topological polar surface area (TPSA) is 66.5 Å². The van der Waals surface area contributed by atoms with Gasteiger partial charge in [-0.1, -0.05) is 6.07 Å². The van der Waals surface area contributed by atoms with Crippen LogP contribution < -0.4 is 9.62 Å². The molecule has 0 aromatic heterocycles. The molecule has 0 saturated heterocycles. The molecule has 1 N–H and O–H groups in total. The van der Waals surface area contributed by atoms with Gasteiger partial charge in [0.15, 0.2) is 0 Å². The van der Waals surface area contributed by atoms with Crippen LogP contribution in [0.2, 0.25) is 0 Å². The molecular formula is C17H20N2O3S. The highest BCUT2D eigenvalue weighted by atomic mass is 32.2. The van der Waals surface area contributed by atoms with Gasteiger partial charge in [-0.15, -0.1) is 0 Å². The summed E-state index contributed by atoms with van der Waals surface area (Å²) < 4.78 is 27.4. The fourth-order valence-corrected chi connectivity index (χ4v) is 3.17. The lowest BCUT2D eigenvalue weighted by Crippen LogP contribution is -2.22. The number of sulfonamides is 1. The number of hydrogen-bond donors (Lipinski definition) is 1. The minimum atomic E-state index is -3.63. The van der Waals surface area contributed by atoms with E-state index in [9.17, 15) is 13.2 Å². The molecule has 0 atom stereocenters. The zero-order valence-corrected chi connectivity index (χ0v) is 14.4. The third-order valence-corrected chi connectivity index (χ3v) is 5.15. The average Bonchev–Trinajstić information content (AvgIpc) is 2.49. The van der Waals surface area contributed by atoms with E-state index in [2.05, 4.69) is 4.72 Å². The summed E-state index contributed by atoms with van der Waals surface area (Å²) in [5, 5.41) is 0. The number of hydrogen-bond acceptors (Lipinski definition) is 3. The molecule has 0 unspecified atom stereocenters. The minimum Gasteiger partial charge on any atom is -0.316 e. The number of nitrogens with zero attached hydrogens (tertiary/aromatic N) is 1. The first-order valence-corrected chi connectivity index (χ1v) is 8.63. The monoisotopic (exact) mass is 332 g/mol. The summed E-state index contributed by atoms with van der Waals surface area (Å²) in [7, 11) is -1.97. The van der Waals surface area contributed by atoms with Crippen LogP contribution >= 0.6 is 0 Å². The van der Waals surface area contributed by atoms with Crippen molar-refractivity contribution in [2.45, 2.75) is 25.7 Å². The lowest BCUT2D eigenvalue weighted by atomic mass is 10.1. The summed E-state index contributed by atoms with van der Waals surface area (Å²) >= 11 is 0. The molecule has 0 radical (unpaired) electrons. The van der Waals surface area contributed by atoms with Crippen LogP contribution in [0.5, 0.6) is 0 Å². The molecule has 1 amide bonds. The minimum absolute atomic E-state index is 0.0894. The first kappa shape index (κ1) is 17.0. The van der Waals surface area contributed by atoms with Crippen molar-refractivity contribution in [3.8, 4) is 0 Å². The Balaban J connectivity index is 2.23. The smallest absolute Gasteiger partial charge is 0.261 e. The highest BCUT2D eigenvalue weighted by Gasteiger charge is 2.15. The van der Waals surface area contributed by atoms with Crippen molar-refractivity contribution < 1.29 is 13.2 Å². The number of carbonyl (C=O) groups excluding carboxylic acids is 1. The van der Waals surface area contributed by atoms with Crippen molar-refractivity contribution >= 4 is 27.3 Å². The predicted octanol–water partition coefficient (Wildman–Crippen LogP) is 3.09. The van der Waals surface area contributed by atoms with Crippen LogP contribution in [-0.4, -0.2) is 21.4 Å². The summed E-state index contributed by atoms with van der Waals surface area (Å²) in [4.78, 5) is 13.0. The highest BCUT2D eigenvalue weighted by Crippen LogP contribution is 2.21. The van der Waals surface area contributed by atoms with E-state index in [-0.39, 0.29) is 10.8 Å². The average molecular weight is 332 g/mol. The van der Waals surface area contributed by atoms with Crippen LogP contribution in [0.25, 0.3) is 0 Å². The Hall–Kier alpha value is -2.34. The van der Waals surface area contributed by atoms with Gasteiger partial charge >= 0.3 is 0 Å². The summed E-state index contributed by atoms with van der Waals surface area (Å²) in [6.45, 7) is 5.28. The second-order valence-electron chi connectivity index (χ2n) is 5.48. The quantitative estimate of drug-likeness (QED) is 0.935. The van der Waals surface area contributed by atoms with Crippen LogP contribution in [0.1, 0.15) is 18.1 Å². The van der Waals surface area contributed by atoms with Gasteiger partial charge in [0.05, 0.1) is 4.90 Å². The number of benzene rings is 2. The summed E-state index contributed by atoms with van der Waals surface area (Å²) in [6.07, 6.45) is 0. The summed E-state index contributed by atoms with van der Waals surface area (Å²) in [5.41, 5.74) is 3.11. The van der Waals surface area contributed by atoms with Gasteiger partial charge in [-0.25, -0.2) is 8.42 Å². The van der Waals surface area contributed by atoms with E-state index in [0.717, 1.165) is 11.1 Å². The van der Waals surface area contributed by atoms with E-state index in [1.54, 1.807) is 49.5 Å². The summed E-state index contributed by atoms with van der Waals surface area (Å²) in [6, 6.07) is 11.7. The molecule has 0 aliphatic carbocycles. The molecule has 0 aliphatic rings. The number of carbonyl (C=O) groups is 1. The predicted molar refractivity (Wildman–Crippen MR) is 92.3 cm³/mol. The zero-order chi connectivity index (χ0) is 17.2. The van der Waals surface area contributed by atoms with E-state index in [0.29, 0.717) is 11.4 Å². The standard InChI is InChI=1S/C17H20N2O3S/c1-12-5-10-17(11-13(12)2)23(21,22)18-15-6-8-16(9-7-15)19(4)14(3)20/h5-11,18H,1-4H3. The van der Waals surface area contributed by atoms with E-state index >= 15 is 0 Å². The molecular weight excluding hydrogens is 312 g/mol. The molecule has 2 aromatic carbocycles. The number of nitrogens with one attached hydrogen (secondary N) is 1. The third-order valence-electron chi connectivity index (χ3n) is 3.77. The van der Waals surface area contributed by atoms with Crippen molar-refractivity contribution in [1.82, 2.24) is 0 Å². The Morgan fingerprint density at radius 1 is 1.00 bits per heavy atom. The zero-order valence-electron chi connectivity index (χ0n) is 13.6. The summed E-state index contributed by atoms with van der Waals surface area (Å²) in [5.74, 6) is -0.0894. The number of rotatable bonds is 4. The maximum atomic E-state index is 12.4. The van der Waals surface area contributed by atoms with Gasteiger partial charge < -0.3 is 4.90 Å². The molecule has 0 spiro atoms. The van der Waals surface area contributed by atoms with Crippen LogP contribution in [0.15, 0.2) is 47.4 Å². The molecule has 2 aromatic rings. The van der Waals surface area contributed by atoms with Crippen molar-refractivity contribution in [2.24, 2.45) is 0 Å². The fraction of sp³-hybridized carbons (Fsp3) is 0.235. The Morgan fingerprint density at radius 2 is 1.61 bits per heavy atom. The van der Waals surface area contributed by atoms with Gasteiger partial charge in [-0.05, 0) is 61.4 Å². The molecule has 0 saturated carbocycles. The lowest BCUT2D eigenvalue weighted by molar-refractivity contribution is -0.116. The number of amides is 1. The van der Waals surface area contributed by atoms with Gasteiger partial charge in [-0.2, -0.15) is 0 Å². The molecule has 0 bridgehead atoms. The maximum Gasteiger partial charge on any atom is 0.261 e. The third kappa shape index (κ3) is 3.90. The molecule has 6 heteroatoms. The van der Waals surface area contributed by atoms with E-state index < -0.39 is 10.0 Å². The molecule has 23 heavy (non-hydrogen) atoms. The van der Waals surface area contributed by atoms with E-state index in [4.69, 9.17) is 0 Å². The van der Waals surface area contributed by atoms with Crippen LogP contribution in [0, 0.1) is 13.8 Å². The molecule has 0 heterocycles. The second kappa shape index (κ2) is 6.42. The van der Waals surface area contributed by atoms with Crippen molar-refractivity contribution in [3.05, 3.63) is 53.6 Å². The molecule has 0 aliphatic heterocycles. The van der Waals surface area contributed by atoms with Gasteiger partial charge in [-0.3, -0.25) is 9.52 Å². The molecule has 2 rings (SSSR count). The van der Waals surface area contributed by atoms with E-state index in [1.807, 2.05) is 13.8 Å². The fourth-order valence-electron chi connectivity index (χ4n) is 2.03. The van der Waals surface area contributed by atoms with E-state index in [1.165, 1.54) is 11.8 Å². The molecule has 0 fully saturated rings. The van der Waals surface area contributed by atoms with Gasteiger partial charge in [0.2, 0.25) is 5.91 Å². The Bertz CT molecular complexity index is 827. The second-order valence-corrected chi connectivity index (χ2v) is 7.16. The maximum absolute atomic E-state index is 12.4. The SMILES string of the molecule is CC(=O)N(C)c1ccc(NS(=O)(=O)c2ccc(C)c(C)c2)cc1. The lowest BCUT2D eigenvalue weighted by Gasteiger charge is -2.15. The molecule has 122 valence electrons. The van der Waals surface area contributed by atoms with Crippen LogP contribution in [-0.2, 0) is 14.8 Å².